The van der Waals surface area contributed by atoms with E-state index in [0.29, 0.717) is 24.8 Å². The van der Waals surface area contributed by atoms with Crippen LogP contribution >= 0.6 is 12.2 Å². The molecule has 1 heterocycles. The van der Waals surface area contributed by atoms with Crippen molar-refractivity contribution in [2.24, 2.45) is 11.7 Å². The average Bonchev–Trinajstić information content (AvgIpc) is 3.27. The molecule has 0 aromatic carbocycles. The first-order valence-corrected chi connectivity index (χ1v) is 8.56. The summed E-state index contributed by atoms with van der Waals surface area (Å²) in [7, 11) is -2.03. The van der Waals surface area contributed by atoms with Gasteiger partial charge in [0.15, 0.2) is 0 Å². The molecule has 0 atom stereocenters. The van der Waals surface area contributed by atoms with Crippen LogP contribution in [0.4, 0.5) is 0 Å². The van der Waals surface area contributed by atoms with Crippen LogP contribution in [-0.2, 0) is 14.8 Å². The van der Waals surface area contributed by atoms with E-state index in [0.717, 1.165) is 6.61 Å². The molecule has 1 aliphatic rings. The van der Waals surface area contributed by atoms with E-state index in [1.54, 1.807) is 0 Å². The van der Waals surface area contributed by atoms with E-state index in [-0.39, 0.29) is 9.88 Å². The summed E-state index contributed by atoms with van der Waals surface area (Å²) in [6.45, 7) is 1.43. The molecule has 0 saturated heterocycles. The molecule has 0 aliphatic heterocycles. The fourth-order valence-electron chi connectivity index (χ4n) is 1.71. The number of likely N-dealkylation sites (N-methyl/N-ethyl adjacent to an activating group) is 1. The summed E-state index contributed by atoms with van der Waals surface area (Å²) in [5, 5.41) is 0. The fraction of sp³-hybridized carbons (Fsp3) is 0.538. The van der Waals surface area contributed by atoms with Crippen molar-refractivity contribution in [1.29, 1.82) is 0 Å². The highest BCUT2D eigenvalue weighted by Crippen LogP contribution is 2.28. The maximum atomic E-state index is 12.3. The summed E-state index contributed by atoms with van der Waals surface area (Å²) in [4.78, 5) is 4.21. The molecule has 0 unspecified atom stereocenters. The quantitative estimate of drug-likeness (QED) is 0.560. The summed E-state index contributed by atoms with van der Waals surface area (Å²) in [6.07, 6.45) is 3.70. The lowest BCUT2D eigenvalue weighted by Crippen LogP contribution is -2.30. The highest BCUT2D eigenvalue weighted by Gasteiger charge is 2.23. The van der Waals surface area contributed by atoms with Crippen LogP contribution in [0.2, 0.25) is 0 Å². The number of hydrogen-bond donors (Lipinski definition) is 1. The summed E-state index contributed by atoms with van der Waals surface area (Å²) in [6, 6.07) is 2.96. The molecule has 2 rings (SSSR count). The second kappa shape index (κ2) is 6.78. The zero-order valence-electron chi connectivity index (χ0n) is 11.9. The Morgan fingerprint density at radius 1 is 1.52 bits per heavy atom. The number of pyridine rings is 1. The average molecular weight is 329 g/mol. The molecule has 1 fully saturated rings. The van der Waals surface area contributed by atoms with Crippen molar-refractivity contribution < 1.29 is 13.2 Å². The van der Waals surface area contributed by atoms with Crippen LogP contribution in [0.1, 0.15) is 18.5 Å². The van der Waals surface area contributed by atoms with Gasteiger partial charge in [0, 0.05) is 26.4 Å². The van der Waals surface area contributed by atoms with Crippen LogP contribution in [0.5, 0.6) is 0 Å². The maximum Gasteiger partial charge on any atom is 0.244 e. The van der Waals surface area contributed by atoms with Gasteiger partial charge >= 0.3 is 0 Å². The van der Waals surface area contributed by atoms with E-state index in [2.05, 4.69) is 4.98 Å². The van der Waals surface area contributed by atoms with E-state index in [4.69, 9.17) is 22.7 Å². The smallest absolute Gasteiger partial charge is 0.244 e. The van der Waals surface area contributed by atoms with E-state index < -0.39 is 10.0 Å². The van der Waals surface area contributed by atoms with E-state index in [1.165, 1.54) is 42.5 Å². The minimum Gasteiger partial charge on any atom is -0.388 e. The zero-order valence-corrected chi connectivity index (χ0v) is 13.5. The first-order valence-electron chi connectivity index (χ1n) is 6.71. The minimum atomic E-state index is -3.56. The highest BCUT2D eigenvalue weighted by atomic mass is 32.2. The Labute approximate surface area is 130 Å². The van der Waals surface area contributed by atoms with Crippen molar-refractivity contribution in [3.8, 4) is 0 Å². The number of hydrogen-bond acceptors (Lipinski definition) is 5. The summed E-state index contributed by atoms with van der Waals surface area (Å²) in [5.74, 6) is 0.670. The molecule has 0 bridgehead atoms. The normalized spacial score (nSPS) is 15.3. The third-order valence-corrected chi connectivity index (χ3v) is 5.35. The van der Waals surface area contributed by atoms with Crippen molar-refractivity contribution in [2.75, 3.05) is 26.8 Å². The number of aromatic nitrogens is 1. The Morgan fingerprint density at radius 2 is 2.24 bits per heavy atom. The van der Waals surface area contributed by atoms with Gasteiger partial charge in [-0.2, -0.15) is 4.31 Å². The van der Waals surface area contributed by atoms with Gasteiger partial charge in [0.1, 0.15) is 9.88 Å². The molecule has 1 aromatic heterocycles. The van der Waals surface area contributed by atoms with Gasteiger partial charge in [-0.05, 0) is 30.9 Å². The zero-order chi connectivity index (χ0) is 15.5. The highest BCUT2D eigenvalue weighted by molar-refractivity contribution is 7.89. The van der Waals surface area contributed by atoms with Gasteiger partial charge < -0.3 is 10.5 Å². The van der Waals surface area contributed by atoms with Crippen LogP contribution < -0.4 is 5.73 Å². The van der Waals surface area contributed by atoms with Crippen molar-refractivity contribution in [2.45, 2.75) is 17.7 Å². The van der Waals surface area contributed by atoms with Crippen LogP contribution in [0, 0.1) is 5.92 Å². The molecule has 0 radical (unpaired) electrons. The summed E-state index contributed by atoms with van der Waals surface area (Å²) in [5.41, 5.74) is 5.84. The largest absolute Gasteiger partial charge is 0.388 e. The maximum absolute atomic E-state index is 12.3. The first-order chi connectivity index (χ1) is 9.91. The monoisotopic (exact) mass is 329 g/mol. The Bertz CT molecular complexity index is 598. The molecular weight excluding hydrogens is 310 g/mol. The Kier molecular flexibility index (Phi) is 5.26. The molecule has 0 amide bonds. The van der Waals surface area contributed by atoms with Gasteiger partial charge in [-0.15, -0.1) is 0 Å². The number of ether oxygens (including phenoxy) is 1. The fourth-order valence-corrected chi connectivity index (χ4v) is 2.93. The number of rotatable bonds is 8. The molecule has 116 valence electrons. The predicted molar refractivity (Wildman–Crippen MR) is 83.5 cm³/mol. The van der Waals surface area contributed by atoms with Crippen molar-refractivity contribution in [3.63, 3.8) is 0 Å². The lowest BCUT2D eigenvalue weighted by molar-refractivity contribution is 0.117. The lowest BCUT2D eigenvalue weighted by atomic mass is 10.3. The van der Waals surface area contributed by atoms with Crippen LogP contribution in [0.25, 0.3) is 0 Å². The standard InChI is InChI=1S/C13H19N3O3S2/c1-16(6-7-19-9-10-2-3-10)21(17,18)11-4-5-12(13(14)20)15-8-11/h4-5,8,10H,2-3,6-7,9H2,1H3,(H2,14,20). The second-order valence-electron chi connectivity index (χ2n) is 5.09. The molecule has 1 aromatic rings. The molecule has 1 saturated carbocycles. The molecule has 1 aliphatic carbocycles. The Morgan fingerprint density at radius 3 is 2.76 bits per heavy atom. The first kappa shape index (κ1) is 16.3. The van der Waals surface area contributed by atoms with Crippen LogP contribution in [-0.4, -0.2) is 49.5 Å². The van der Waals surface area contributed by atoms with Gasteiger partial charge in [-0.25, -0.2) is 8.42 Å². The molecule has 2 N–H and O–H groups in total. The van der Waals surface area contributed by atoms with Crippen molar-refractivity contribution in [3.05, 3.63) is 24.0 Å². The second-order valence-corrected chi connectivity index (χ2v) is 7.57. The topological polar surface area (TPSA) is 85.5 Å². The van der Waals surface area contributed by atoms with Crippen molar-refractivity contribution in [1.82, 2.24) is 9.29 Å². The van der Waals surface area contributed by atoms with Gasteiger partial charge in [-0.3, -0.25) is 4.98 Å². The summed E-state index contributed by atoms with van der Waals surface area (Å²) >= 11 is 4.79. The number of nitrogens with zero attached hydrogens (tertiary/aromatic N) is 2. The molecular formula is C13H19N3O3S2. The van der Waals surface area contributed by atoms with E-state index >= 15 is 0 Å². The molecule has 6 nitrogen and oxygen atoms in total. The Balaban J connectivity index is 1.93. The third kappa shape index (κ3) is 4.44. The van der Waals surface area contributed by atoms with Gasteiger partial charge in [0.25, 0.3) is 0 Å². The minimum absolute atomic E-state index is 0.118. The summed E-state index contributed by atoms with van der Waals surface area (Å²) < 4.78 is 31.4. The van der Waals surface area contributed by atoms with E-state index in [9.17, 15) is 8.42 Å². The van der Waals surface area contributed by atoms with Gasteiger partial charge in [-0.1, -0.05) is 12.2 Å². The third-order valence-electron chi connectivity index (χ3n) is 3.30. The SMILES string of the molecule is CN(CCOCC1CC1)S(=O)(=O)c1ccc(C(N)=S)nc1. The van der Waals surface area contributed by atoms with Gasteiger partial charge in [0.2, 0.25) is 10.0 Å². The molecule has 0 spiro atoms. The van der Waals surface area contributed by atoms with E-state index in [1.807, 2.05) is 0 Å². The Hall–Kier alpha value is -1.09. The predicted octanol–water partition coefficient (Wildman–Crippen LogP) is 0.763. The lowest BCUT2D eigenvalue weighted by Gasteiger charge is -2.17. The molecule has 8 heteroatoms. The number of sulfonamides is 1. The van der Waals surface area contributed by atoms with Crippen molar-refractivity contribution >= 4 is 27.2 Å². The van der Waals surface area contributed by atoms with Crippen LogP contribution in [0.15, 0.2) is 23.2 Å². The number of thiocarbonyl (C=S) groups is 1. The van der Waals surface area contributed by atoms with Crippen LogP contribution in [0.3, 0.4) is 0 Å². The number of nitrogens with two attached hydrogens (primary N) is 1. The van der Waals surface area contributed by atoms with Gasteiger partial charge in [0.05, 0.1) is 12.3 Å². The molecule has 21 heavy (non-hydrogen) atoms.